The summed E-state index contributed by atoms with van der Waals surface area (Å²) in [5.74, 6) is 0.305. The van der Waals surface area contributed by atoms with E-state index in [1.54, 1.807) is 6.07 Å². The first-order valence-corrected chi connectivity index (χ1v) is 8.63. The Morgan fingerprint density at radius 3 is 2.75 bits per heavy atom. The van der Waals surface area contributed by atoms with Gasteiger partial charge in [-0.05, 0) is 37.5 Å². The van der Waals surface area contributed by atoms with Crippen molar-refractivity contribution in [3.8, 4) is 0 Å². The van der Waals surface area contributed by atoms with E-state index in [2.05, 4.69) is 20.6 Å². The number of hydrogen-bond acceptors (Lipinski definition) is 4. The molecule has 24 heavy (non-hydrogen) atoms. The zero-order chi connectivity index (χ0) is 16.9. The first-order valence-electron chi connectivity index (χ1n) is 8.25. The van der Waals surface area contributed by atoms with Crippen molar-refractivity contribution in [2.24, 2.45) is 0 Å². The Hall–Kier alpha value is -2.14. The van der Waals surface area contributed by atoms with Crippen LogP contribution in [0.25, 0.3) is 0 Å². The molecule has 1 aliphatic carbocycles. The van der Waals surface area contributed by atoms with Crippen LogP contribution in [0.3, 0.4) is 0 Å². The highest BCUT2D eigenvalue weighted by Gasteiger charge is 2.17. The summed E-state index contributed by atoms with van der Waals surface area (Å²) in [6.07, 6.45) is 4.72. The maximum absolute atomic E-state index is 12.4. The van der Waals surface area contributed by atoms with Crippen molar-refractivity contribution in [1.82, 2.24) is 15.3 Å². The second-order valence-electron chi connectivity index (χ2n) is 6.12. The molecule has 1 heterocycles. The van der Waals surface area contributed by atoms with Crippen molar-refractivity contribution in [2.75, 3.05) is 5.32 Å². The standard InChI is InChI=1S/C18H21ClN4O/c1-12-10-16(23-18(21-12)22-14-7-3-4-8-14)17(24)20-11-13-6-2-5-9-15(13)19/h2,5-6,9-10,14H,3-4,7-8,11H2,1H3,(H,20,24)(H,21,22,23). The van der Waals surface area contributed by atoms with Gasteiger partial charge in [-0.3, -0.25) is 4.79 Å². The molecule has 0 unspecified atom stereocenters. The predicted molar refractivity (Wildman–Crippen MR) is 95.3 cm³/mol. The van der Waals surface area contributed by atoms with Gasteiger partial charge < -0.3 is 10.6 Å². The zero-order valence-electron chi connectivity index (χ0n) is 13.7. The van der Waals surface area contributed by atoms with E-state index in [9.17, 15) is 4.79 Å². The van der Waals surface area contributed by atoms with Gasteiger partial charge in [0, 0.05) is 23.3 Å². The topological polar surface area (TPSA) is 66.9 Å². The van der Waals surface area contributed by atoms with Crippen LogP contribution in [-0.4, -0.2) is 21.9 Å². The van der Waals surface area contributed by atoms with Gasteiger partial charge in [0.1, 0.15) is 5.69 Å². The summed E-state index contributed by atoms with van der Waals surface area (Å²) in [6, 6.07) is 9.56. The maximum atomic E-state index is 12.4. The summed E-state index contributed by atoms with van der Waals surface area (Å²) < 4.78 is 0. The molecule has 6 heteroatoms. The van der Waals surface area contributed by atoms with Gasteiger partial charge in [0.2, 0.25) is 5.95 Å². The minimum atomic E-state index is -0.227. The normalized spacial score (nSPS) is 14.6. The van der Waals surface area contributed by atoms with Crippen molar-refractivity contribution in [2.45, 2.75) is 45.2 Å². The molecule has 1 saturated carbocycles. The Morgan fingerprint density at radius 1 is 1.25 bits per heavy atom. The largest absolute Gasteiger partial charge is 0.351 e. The van der Waals surface area contributed by atoms with Crippen LogP contribution in [0.5, 0.6) is 0 Å². The fourth-order valence-electron chi connectivity index (χ4n) is 2.91. The third-order valence-corrected chi connectivity index (χ3v) is 4.54. The summed E-state index contributed by atoms with van der Waals surface area (Å²) >= 11 is 6.11. The number of halogens is 1. The molecule has 1 amide bonds. The number of aryl methyl sites for hydroxylation is 1. The first kappa shape index (κ1) is 16.7. The minimum absolute atomic E-state index is 0.227. The summed E-state index contributed by atoms with van der Waals surface area (Å²) in [5, 5.41) is 6.84. The van der Waals surface area contributed by atoms with E-state index < -0.39 is 0 Å². The molecular weight excluding hydrogens is 324 g/mol. The van der Waals surface area contributed by atoms with Gasteiger partial charge in [0.25, 0.3) is 5.91 Å². The Labute approximate surface area is 146 Å². The zero-order valence-corrected chi connectivity index (χ0v) is 14.4. The Kier molecular flexibility index (Phi) is 5.30. The SMILES string of the molecule is Cc1cc(C(=O)NCc2ccccc2Cl)nc(NC2CCCC2)n1. The highest BCUT2D eigenvalue weighted by Crippen LogP contribution is 2.21. The molecule has 1 aromatic carbocycles. The molecule has 0 radical (unpaired) electrons. The molecular formula is C18H21ClN4O. The molecule has 3 rings (SSSR count). The number of carbonyl (C=O) groups excluding carboxylic acids is 1. The smallest absolute Gasteiger partial charge is 0.270 e. The number of carbonyl (C=O) groups is 1. The van der Waals surface area contributed by atoms with E-state index in [0.717, 1.165) is 24.1 Å². The number of amides is 1. The minimum Gasteiger partial charge on any atom is -0.351 e. The van der Waals surface area contributed by atoms with E-state index in [1.807, 2.05) is 31.2 Å². The van der Waals surface area contributed by atoms with Gasteiger partial charge in [-0.1, -0.05) is 42.6 Å². The highest BCUT2D eigenvalue weighted by molar-refractivity contribution is 6.31. The number of nitrogens with one attached hydrogen (secondary N) is 2. The quantitative estimate of drug-likeness (QED) is 0.867. The molecule has 1 fully saturated rings. The van der Waals surface area contributed by atoms with E-state index in [4.69, 9.17) is 11.6 Å². The number of anilines is 1. The van der Waals surface area contributed by atoms with Gasteiger partial charge in [-0.25, -0.2) is 9.97 Å². The van der Waals surface area contributed by atoms with Crippen molar-refractivity contribution in [3.05, 3.63) is 52.3 Å². The molecule has 2 aromatic rings. The van der Waals surface area contributed by atoms with Crippen molar-refractivity contribution >= 4 is 23.5 Å². The molecule has 5 nitrogen and oxygen atoms in total. The monoisotopic (exact) mass is 344 g/mol. The molecule has 0 bridgehead atoms. The first-order chi connectivity index (χ1) is 11.6. The number of rotatable bonds is 5. The highest BCUT2D eigenvalue weighted by atomic mass is 35.5. The Morgan fingerprint density at radius 2 is 2.00 bits per heavy atom. The lowest BCUT2D eigenvalue weighted by Crippen LogP contribution is -2.25. The van der Waals surface area contributed by atoms with E-state index in [0.29, 0.717) is 29.3 Å². The molecule has 0 atom stereocenters. The van der Waals surface area contributed by atoms with Crippen molar-refractivity contribution in [3.63, 3.8) is 0 Å². The second-order valence-corrected chi connectivity index (χ2v) is 6.53. The Balaban J connectivity index is 1.67. The van der Waals surface area contributed by atoms with Gasteiger partial charge in [0.15, 0.2) is 0 Å². The Bertz CT molecular complexity index is 729. The molecule has 2 N–H and O–H groups in total. The number of aromatic nitrogens is 2. The summed E-state index contributed by atoms with van der Waals surface area (Å²) in [4.78, 5) is 21.2. The average Bonchev–Trinajstić information content (AvgIpc) is 3.06. The van der Waals surface area contributed by atoms with Gasteiger partial charge in [0.05, 0.1) is 0 Å². The van der Waals surface area contributed by atoms with Crippen LogP contribution in [-0.2, 0) is 6.54 Å². The van der Waals surface area contributed by atoms with Crippen LogP contribution in [0.4, 0.5) is 5.95 Å². The van der Waals surface area contributed by atoms with Crippen LogP contribution in [0, 0.1) is 6.92 Å². The van der Waals surface area contributed by atoms with Crippen LogP contribution < -0.4 is 10.6 Å². The third-order valence-electron chi connectivity index (χ3n) is 4.17. The second kappa shape index (κ2) is 7.62. The molecule has 0 saturated heterocycles. The van der Waals surface area contributed by atoms with E-state index >= 15 is 0 Å². The fraction of sp³-hybridized carbons (Fsp3) is 0.389. The molecule has 0 spiro atoms. The lowest BCUT2D eigenvalue weighted by atomic mass is 10.2. The summed E-state index contributed by atoms with van der Waals surface area (Å²) in [6.45, 7) is 2.24. The van der Waals surface area contributed by atoms with Crippen molar-refractivity contribution in [1.29, 1.82) is 0 Å². The predicted octanol–water partition coefficient (Wildman–Crippen LogP) is 3.72. The molecule has 1 aliphatic rings. The van der Waals surface area contributed by atoms with Gasteiger partial charge in [-0.15, -0.1) is 0 Å². The molecule has 126 valence electrons. The summed E-state index contributed by atoms with van der Waals surface area (Å²) in [7, 11) is 0. The van der Waals surface area contributed by atoms with Gasteiger partial charge >= 0.3 is 0 Å². The number of nitrogens with zero attached hydrogens (tertiary/aromatic N) is 2. The van der Waals surface area contributed by atoms with Crippen LogP contribution in [0.1, 0.15) is 47.4 Å². The number of hydrogen-bond donors (Lipinski definition) is 2. The van der Waals surface area contributed by atoms with E-state index in [1.165, 1.54) is 12.8 Å². The van der Waals surface area contributed by atoms with Gasteiger partial charge in [-0.2, -0.15) is 0 Å². The molecule has 1 aromatic heterocycles. The van der Waals surface area contributed by atoms with Crippen LogP contribution in [0.15, 0.2) is 30.3 Å². The third kappa shape index (κ3) is 4.23. The fourth-order valence-corrected chi connectivity index (χ4v) is 3.11. The van der Waals surface area contributed by atoms with Crippen LogP contribution in [0.2, 0.25) is 5.02 Å². The maximum Gasteiger partial charge on any atom is 0.270 e. The molecule has 0 aliphatic heterocycles. The van der Waals surface area contributed by atoms with Crippen LogP contribution >= 0.6 is 11.6 Å². The lowest BCUT2D eigenvalue weighted by Gasteiger charge is -2.13. The average molecular weight is 345 g/mol. The number of benzene rings is 1. The van der Waals surface area contributed by atoms with E-state index in [-0.39, 0.29) is 5.91 Å². The summed E-state index contributed by atoms with van der Waals surface area (Å²) in [5.41, 5.74) is 2.02. The lowest BCUT2D eigenvalue weighted by molar-refractivity contribution is 0.0945. The van der Waals surface area contributed by atoms with Crippen molar-refractivity contribution < 1.29 is 4.79 Å².